The highest BCUT2D eigenvalue weighted by Crippen LogP contribution is 2.49. The number of rotatable bonds is 14. The predicted molar refractivity (Wildman–Crippen MR) is 92.9 cm³/mol. The van der Waals surface area contributed by atoms with Gasteiger partial charge in [0.15, 0.2) is 0 Å². The van der Waals surface area contributed by atoms with E-state index in [1.165, 1.54) is 0 Å². The second kappa shape index (κ2) is 12.9. The Morgan fingerprint density at radius 3 is 1.87 bits per heavy atom. The first-order chi connectivity index (χ1) is 11.0. The van der Waals surface area contributed by atoms with Crippen LogP contribution in [0.1, 0.15) is 47.5 Å². The largest absolute Gasteiger partial charge is 0.466 e. The number of nitrogens with zero attached hydrogens (tertiary/aromatic N) is 1. The molecule has 138 valence electrons. The second-order valence-electron chi connectivity index (χ2n) is 5.38. The fourth-order valence-corrected chi connectivity index (χ4v) is 4.39. The first-order valence-corrected chi connectivity index (χ1v) is 10.5. The van der Waals surface area contributed by atoms with Gasteiger partial charge in [0.2, 0.25) is 0 Å². The molecule has 0 radical (unpaired) electrons. The van der Waals surface area contributed by atoms with E-state index < -0.39 is 13.5 Å². The maximum Gasteiger partial charge on any atom is 0.331 e. The highest BCUT2D eigenvalue weighted by Gasteiger charge is 2.34. The van der Waals surface area contributed by atoms with E-state index in [4.69, 9.17) is 13.8 Å². The lowest BCUT2D eigenvalue weighted by Crippen LogP contribution is -2.37. The number of carbonyl (C=O) groups is 1. The van der Waals surface area contributed by atoms with Crippen molar-refractivity contribution in [2.45, 2.75) is 47.5 Å². The summed E-state index contributed by atoms with van der Waals surface area (Å²) < 4.78 is 28.6. The van der Waals surface area contributed by atoms with Gasteiger partial charge < -0.3 is 18.7 Å². The van der Waals surface area contributed by atoms with Gasteiger partial charge in [0.1, 0.15) is 0 Å². The van der Waals surface area contributed by atoms with E-state index in [1.54, 1.807) is 20.8 Å². The van der Waals surface area contributed by atoms with Crippen molar-refractivity contribution in [2.24, 2.45) is 5.92 Å². The lowest BCUT2D eigenvalue weighted by Gasteiger charge is -2.28. The van der Waals surface area contributed by atoms with Crippen molar-refractivity contribution >= 4 is 13.6 Å². The fraction of sp³-hybridized carbons (Fsp3) is 0.938. The van der Waals surface area contributed by atoms with E-state index in [0.717, 1.165) is 25.9 Å². The monoisotopic (exact) mass is 351 g/mol. The van der Waals surface area contributed by atoms with Crippen LogP contribution in [0.4, 0.5) is 0 Å². The molecular formula is C16H34NO5P. The van der Waals surface area contributed by atoms with Crippen LogP contribution in [0.25, 0.3) is 0 Å². The van der Waals surface area contributed by atoms with Gasteiger partial charge in [0, 0.05) is 6.54 Å². The molecule has 0 spiro atoms. The van der Waals surface area contributed by atoms with E-state index in [-0.39, 0.29) is 12.1 Å². The van der Waals surface area contributed by atoms with Crippen molar-refractivity contribution in [3.8, 4) is 0 Å². The molecule has 0 aromatic rings. The Kier molecular flexibility index (Phi) is 12.7. The molecule has 0 bridgehead atoms. The van der Waals surface area contributed by atoms with E-state index in [2.05, 4.69) is 18.7 Å². The zero-order valence-corrected chi connectivity index (χ0v) is 16.3. The number of carbonyl (C=O) groups excluding carboxylic acids is 1. The first kappa shape index (κ1) is 22.6. The average Bonchev–Trinajstić information content (AvgIpc) is 2.47. The SMILES string of the molecule is CCCN(CCC)CC(CP(=O)(OCC)OCC)C(=O)OCC. The summed E-state index contributed by atoms with van der Waals surface area (Å²) in [4.78, 5) is 14.5. The molecule has 0 N–H and O–H groups in total. The molecule has 1 unspecified atom stereocenters. The fourth-order valence-electron chi connectivity index (χ4n) is 2.51. The lowest BCUT2D eigenvalue weighted by molar-refractivity contribution is -0.148. The molecule has 0 aliphatic rings. The van der Waals surface area contributed by atoms with Gasteiger partial charge >= 0.3 is 13.6 Å². The minimum absolute atomic E-state index is 0.0669. The molecule has 23 heavy (non-hydrogen) atoms. The van der Waals surface area contributed by atoms with Crippen LogP contribution in [-0.4, -0.2) is 56.5 Å². The van der Waals surface area contributed by atoms with Crippen LogP contribution in [0.15, 0.2) is 0 Å². The molecule has 0 aromatic carbocycles. The molecule has 0 saturated heterocycles. The highest BCUT2D eigenvalue weighted by molar-refractivity contribution is 7.53. The third-order valence-corrected chi connectivity index (χ3v) is 5.46. The molecule has 6 nitrogen and oxygen atoms in total. The summed E-state index contributed by atoms with van der Waals surface area (Å²) in [7, 11) is -3.27. The van der Waals surface area contributed by atoms with Crippen molar-refractivity contribution in [1.82, 2.24) is 4.90 Å². The third-order valence-electron chi connectivity index (χ3n) is 3.27. The summed E-state index contributed by atoms with van der Waals surface area (Å²) in [6.45, 7) is 12.7. The van der Waals surface area contributed by atoms with Crippen LogP contribution in [-0.2, 0) is 23.1 Å². The van der Waals surface area contributed by atoms with Crippen LogP contribution in [0.3, 0.4) is 0 Å². The van der Waals surface area contributed by atoms with Crippen molar-refractivity contribution < 1.29 is 23.1 Å². The van der Waals surface area contributed by atoms with Gasteiger partial charge in [-0.05, 0) is 46.7 Å². The Morgan fingerprint density at radius 2 is 1.48 bits per heavy atom. The zero-order valence-electron chi connectivity index (χ0n) is 15.4. The summed E-state index contributed by atoms with van der Waals surface area (Å²) in [5.41, 5.74) is 0. The Labute approximate surface area is 141 Å². The van der Waals surface area contributed by atoms with Crippen LogP contribution in [0, 0.1) is 5.92 Å². The number of hydrogen-bond donors (Lipinski definition) is 0. The van der Waals surface area contributed by atoms with Crippen LogP contribution in [0.2, 0.25) is 0 Å². The van der Waals surface area contributed by atoms with Gasteiger partial charge in [0.25, 0.3) is 0 Å². The average molecular weight is 351 g/mol. The Hall–Kier alpha value is -0.420. The van der Waals surface area contributed by atoms with Crippen LogP contribution in [0.5, 0.6) is 0 Å². The van der Waals surface area contributed by atoms with Gasteiger partial charge in [-0.25, -0.2) is 0 Å². The molecule has 1 atom stereocenters. The first-order valence-electron chi connectivity index (χ1n) is 8.73. The summed E-state index contributed by atoms with van der Waals surface area (Å²) >= 11 is 0. The van der Waals surface area contributed by atoms with Gasteiger partial charge in [-0.3, -0.25) is 9.36 Å². The van der Waals surface area contributed by atoms with Crippen LogP contribution >= 0.6 is 7.60 Å². The van der Waals surface area contributed by atoms with Gasteiger partial charge in [-0.2, -0.15) is 0 Å². The van der Waals surface area contributed by atoms with Crippen LogP contribution < -0.4 is 0 Å². The molecule has 7 heteroatoms. The number of hydrogen-bond acceptors (Lipinski definition) is 6. The maximum atomic E-state index is 12.8. The Bertz CT molecular complexity index is 348. The molecular weight excluding hydrogens is 317 g/mol. The molecule has 0 aliphatic heterocycles. The zero-order chi connectivity index (χ0) is 17.7. The normalized spacial score (nSPS) is 13.3. The van der Waals surface area contributed by atoms with E-state index in [9.17, 15) is 9.36 Å². The number of esters is 1. The smallest absolute Gasteiger partial charge is 0.331 e. The molecule has 0 heterocycles. The molecule has 0 fully saturated rings. The maximum absolute atomic E-state index is 12.8. The minimum Gasteiger partial charge on any atom is -0.466 e. The Balaban J connectivity index is 5.10. The van der Waals surface area contributed by atoms with Crippen molar-refractivity contribution in [1.29, 1.82) is 0 Å². The quantitative estimate of drug-likeness (QED) is 0.352. The molecule has 0 aromatic heterocycles. The lowest BCUT2D eigenvalue weighted by atomic mass is 10.1. The Morgan fingerprint density at radius 1 is 0.957 bits per heavy atom. The topological polar surface area (TPSA) is 65.1 Å². The highest BCUT2D eigenvalue weighted by atomic mass is 31.2. The molecule has 0 amide bonds. The molecule has 0 rings (SSSR count). The van der Waals surface area contributed by atoms with E-state index in [1.807, 2.05) is 0 Å². The molecule has 0 aliphatic carbocycles. The van der Waals surface area contributed by atoms with Crippen molar-refractivity contribution in [3.63, 3.8) is 0 Å². The molecule has 0 saturated carbocycles. The second-order valence-corrected chi connectivity index (χ2v) is 7.48. The van der Waals surface area contributed by atoms with Crippen molar-refractivity contribution in [2.75, 3.05) is 45.6 Å². The predicted octanol–water partition coefficient (Wildman–Crippen LogP) is 3.55. The van der Waals surface area contributed by atoms with Gasteiger partial charge in [-0.1, -0.05) is 13.8 Å². The summed E-state index contributed by atoms with van der Waals surface area (Å²) in [5.74, 6) is -0.832. The van der Waals surface area contributed by atoms with Crippen molar-refractivity contribution in [3.05, 3.63) is 0 Å². The van der Waals surface area contributed by atoms with E-state index in [0.29, 0.717) is 26.4 Å². The van der Waals surface area contributed by atoms with Gasteiger partial charge in [0.05, 0.1) is 31.9 Å². The minimum atomic E-state index is -3.27. The number of ether oxygens (including phenoxy) is 1. The summed E-state index contributed by atoms with van der Waals surface area (Å²) in [6.07, 6.45) is 2.08. The summed E-state index contributed by atoms with van der Waals surface area (Å²) in [5, 5.41) is 0. The van der Waals surface area contributed by atoms with E-state index >= 15 is 0 Å². The summed E-state index contributed by atoms with van der Waals surface area (Å²) in [6, 6.07) is 0. The van der Waals surface area contributed by atoms with Gasteiger partial charge in [-0.15, -0.1) is 0 Å². The standard InChI is InChI=1S/C16H34NO5P/c1-6-11-17(12-7-2)13-15(16(18)20-8-3)14-23(19,21-9-4)22-10-5/h15H,6-14H2,1-5H3. The third kappa shape index (κ3) is 9.46.